The van der Waals surface area contributed by atoms with Gasteiger partial charge in [0.25, 0.3) is 0 Å². The lowest BCUT2D eigenvalue weighted by atomic mass is 9.88. The maximum Gasteiger partial charge on any atom is 0.0453 e. The largest absolute Gasteiger partial charge is 0.297 e. The molecule has 1 fully saturated rings. The van der Waals surface area contributed by atoms with Crippen LogP contribution in [0.1, 0.15) is 32.3 Å². The Morgan fingerprint density at radius 1 is 1.25 bits per heavy atom. The van der Waals surface area contributed by atoms with Crippen LogP contribution in [-0.2, 0) is 6.42 Å². The number of likely N-dealkylation sites (tertiary alicyclic amines) is 1. The summed E-state index contributed by atoms with van der Waals surface area (Å²) in [6.45, 7) is 6.71. The second-order valence-electron chi connectivity index (χ2n) is 5.97. The van der Waals surface area contributed by atoms with Crippen molar-refractivity contribution < 1.29 is 0 Å². The molecule has 0 saturated carbocycles. The Balaban J connectivity index is 2.20. The van der Waals surface area contributed by atoms with E-state index in [0.717, 1.165) is 25.1 Å². The van der Waals surface area contributed by atoms with Crippen LogP contribution in [0.5, 0.6) is 0 Å². The lowest BCUT2D eigenvalue weighted by Gasteiger charge is -2.42. The molecule has 3 nitrogen and oxygen atoms in total. The number of halogens is 2. The molecule has 1 aliphatic heterocycles. The van der Waals surface area contributed by atoms with Crippen LogP contribution in [0, 0.1) is 0 Å². The van der Waals surface area contributed by atoms with Crippen LogP contribution >= 0.6 is 23.2 Å². The quantitative estimate of drug-likeness (QED) is 0.647. The van der Waals surface area contributed by atoms with Crippen LogP contribution in [-0.4, -0.2) is 29.6 Å². The van der Waals surface area contributed by atoms with Gasteiger partial charge in [-0.25, -0.2) is 0 Å². The molecule has 0 aromatic heterocycles. The predicted molar refractivity (Wildman–Crippen MR) is 86.2 cm³/mol. The van der Waals surface area contributed by atoms with Gasteiger partial charge in [0.05, 0.1) is 0 Å². The molecule has 0 radical (unpaired) electrons. The molecule has 1 aliphatic rings. The Bertz CT molecular complexity index is 436. The summed E-state index contributed by atoms with van der Waals surface area (Å²) in [5, 5.41) is 1.41. The van der Waals surface area contributed by atoms with Crippen LogP contribution < -0.4 is 11.3 Å². The topological polar surface area (TPSA) is 41.3 Å². The fraction of sp³-hybridized carbons (Fsp3) is 0.600. The normalized spacial score (nSPS) is 18.4. The van der Waals surface area contributed by atoms with Crippen LogP contribution in [0.25, 0.3) is 0 Å². The highest BCUT2D eigenvalue weighted by Crippen LogP contribution is 2.30. The van der Waals surface area contributed by atoms with Crippen molar-refractivity contribution in [3.8, 4) is 0 Å². The zero-order valence-corrected chi connectivity index (χ0v) is 13.6. The molecule has 1 heterocycles. The molecular formula is C15H23Cl2N3. The predicted octanol–water partition coefficient (Wildman–Crippen LogP) is 3.24. The summed E-state index contributed by atoms with van der Waals surface area (Å²) in [5.41, 5.74) is 3.89. The average Bonchev–Trinajstić information content (AvgIpc) is 2.92. The number of nitrogens with two attached hydrogens (primary N) is 1. The second-order valence-corrected chi connectivity index (χ2v) is 6.79. The molecule has 1 saturated heterocycles. The van der Waals surface area contributed by atoms with E-state index >= 15 is 0 Å². The van der Waals surface area contributed by atoms with Gasteiger partial charge in [0, 0.05) is 21.6 Å². The van der Waals surface area contributed by atoms with Crippen molar-refractivity contribution in [1.29, 1.82) is 0 Å². The Labute approximate surface area is 131 Å². The molecule has 0 aliphatic carbocycles. The van der Waals surface area contributed by atoms with Crippen molar-refractivity contribution in [3.05, 3.63) is 33.8 Å². The number of rotatable bonds is 5. The van der Waals surface area contributed by atoms with E-state index in [1.165, 1.54) is 12.8 Å². The van der Waals surface area contributed by atoms with Crippen molar-refractivity contribution in [2.45, 2.75) is 44.7 Å². The third-order valence-corrected chi connectivity index (χ3v) is 5.15. The molecule has 3 N–H and O–H groups in total. The maximum atomic E-state index is 6.27. The van der Waals surface area contributed by atoms with Gasteiger partial charge in [0.1, 0.15) is 0 Å². The first-order chi connectivity index (χ1) is 9.46. The van der Waals surface area contributed by atoms with Crippen LogP contribution in [0.15, 0.2) is 18.2 Å². The number of nitrogens with zero attached hydrogens (tertiary/aromatic N) is 1. The second kappa shape index (κ2) is 6.63. The number of hydrazine groups is 1. The number of benzene rings is 1. The maximum absolute atomic E-state index is 6.27. The molecule has 1 unspecified atom stereocenters. The van der Waals surface area contributed by atoms with Crippen LogP contribution in [0.4, 0.5) is 0 Å². The van der Waals surface area contributed by atoms with E-state index in [2.05, 4.69) is 24.2 Å². The minimum absolute atomic E-state index is 0.0340. The van der Waals surface area contributed by atoms with Gasteiger partial charge < -0.3 is 0 Å². The molecule has 2 rings (SSSR count). The first-order valence-electron chi connectivity index (χ1n) is 7.11. The van der Waals surface area contributed by atoms with Gasteiger partial charge in [-0.3, -0.25) is 16.2 Å². The molecule has 1 atom stereocenters. The number of hydrogen-bond acceptors (Lipinski definition) is 3. The summed E-state index contributed by atoms with van der Waals surface area (Å²) in [4.78, 5) is 2.49. The average molecular weight is 316 g/mol. The minimum atomic E-state index is -0.0340. The molecule has 20 heavy (non-hydrogen) atoms. The van der Waals surface area contributed by atoms with Crippen LogP contribution in [0.2, 0.25) is 10.0 Å². The van der Waals surface area contributed by atoms with Crippen molar-refractivity contribution in [3.63, 3.8) is 0 Å². The first-order valence-corrected chi connectivity index (χ1v) is 7.86. The van der Waals surface area contributed by atoms with Gasteiger partial charge in [-0.2, -0.15) is 0 Å². The molecule has 0 amide bonds. The fourth-order valence-corrected chi connectivity index (χ4v) is 3.51. The van der Waals surface area contributed by atoms with E-state index in [-0.39, 0.29) is 11.6 Å². The monoisotopic (exact) mass is 315 g/mol. The van der Waals surface area contributed by atoms with E-state index in [9.17, 15) is 0 Å². The molecule has 1 aromatic carbocycles. The summed E-state index contributed by atoms with van der Waals surface area (Å²) in [5.74, 6) is 5.81. The molecule has 0 spiro atoms. The highest BCUT2D eigenvalue weighted by Gasteiger charge is 2.36. The zero-order valence-electron chi connectivity index (χ0n) is 12.1. The fourth-order valence-electron chi connectivity index (χ4n) is 2.96. The lowest BCUT2D eigenvalue weighted by molar-refractivity contribution is 0.106. The highest BCUT2D eigenvalue weighted by atomic mass is 35.5. The number of hydrogen-bond donors (Lipinski definition) is 2. The van der Waals surface area contributed by atoms with Gasteiger partial charge in [-0.1, -0.05) is 29.3 Å². The summed E-state index contributed by atoms with van der Waals surface area (Å²) in [6, 6.07) is 5.71. The van der Waals surface area contributed by atoms with E-state index in [4.69, 9.17) is 29.0 Å². The first kappa shape index (κ1) is 16.1. The lowest BCUT2D eigenvalue weighted by Crippen LogP contribution is -2.59. The Morgan fingerprint density at radius 3 is 2.30 bits per heavy atom. The van der Waals surface area contributed by atoms with Crippen LogP contribution in [0.3, 0.4) is 0 Å². The summed E-state index contributed by atoms with van der Waals surface area (Å²) in [7, 11) is 0. The Hall–Kier alpha value is -0.320. The van der Waals surface area contributed by atoms with E-state index in [0.29, 0.717) is 10.0 Å². The standard InChI is InChI=1S/C15H23Cl2N3/c1-15(2,20-8-3-4-9-20)14(19-18)10-11-12(16)6-5-7-13(11)17/h5-7,14,19H,3-4,8-10,18H2,1-2H3. The van der Waals surface area contributed by atoms with Crippen molar-refractivity contribution in [1.82, 2.24) is 10.3 Å². The van der Waals surface area contributed by atoms with Gasteiger partial charge in [-0.05, 0) is 63.9 Å². The molecule has 5 heteroatoms. The minimum Gasteiger partial charge on any atom is -0.297 e. The third kappa shape index (κ3) is 3.29. The third-order valence-electron chi connectivity index (χ3n) is 4.44. The molecule has 112 valence electrons. The van der Waals surface area contributed by atoms with Gasteiger partial charge in [-0.15, -0.1) is 0 Å². The number of nitrogens with one attached hydrogen (secondary N) is 1. The molecular weight excluding hydrogens is 293 g/mol. The van der Waals surface area contributed by atoms with Gasteiger partial charge >= 0.3 is 0 Å². The molecule has 1 aromatic rings. The molecule has 0 bridgehead atoms. The summed E-state index contributed by atoms with van der Waals surface area (Å²) >= 11 is 12.5. The van der Waals surface area contributed by atoms with Crippen molar-refractivity contribution >= 4 is 23.2 Å². The van der Waals surface area contributed by atoms with E-state index in [1.807, 2.05) is 18.2 Å². The highest BCUT2D eigenvalue weighted by molar-refractivity contribution is 6.36. The SMILES string of the molecule is CC(C)(C(Cc1c(Cl)cccc1Cl)NN)N1CCCC1. The van der Waals surface area contributed by atoms with E-state index < -0.39 is 0 Å². The Kier molecular flexibility index (Phi) is 5.32. The summed E-state index contributed by atoms with van der Waals surface area (Å²) in [6.07, 6.45) is 3.24. The zero-order chi connectivity index (χ0) is 14.8. The summed E-state index contributed by atoms with van der Waals surface area (Å²) < 4.78 is 0. The van der Waals surface area contributed by atoms with Gasteiger partial charge in [0.15, 0.2) is 0 Å². The van der Waals surface area contributed by atoms with E-state index in [1.54, 1.807) is 0 Å². The Morgan fingerprint density at radius 2 is 1.80 bits per heavy atom. The van der Waals surface area contributed by atoms with Gasteiger partial charge in [0.2, 0.25) is 0 Å². The van der Waals surface area contributed by atoms with Crippen molar-refractivity contribution in [2.24, 2.45) is 5.84 Å². The van der Waals surface area contributed by atoms with Crippen molar-refractivity contribution in [2.75, 3.05) is 13.1 Å². The smallest absolute Gasteiger partial charge is 0.0453 e.